The lowest BCUT2D eigenvalue weighted by Gasteiger charge is -2.40. The van der Waals surface area contributed by atoms with Crippen molar-refractivity contribution in [1.82, 2.24) is 4.98 Å². The number of carboxylic acids is 1. The number of anilines is 1. The standard InChI is InChI=1S/C16H14ClFN2O3/c17-11-4-14(16(21)22)15(19-6-11)20-7-10(8-20)9-23-13-3-1-2-12(18)5-13/h1-6,10H,7-9H2,(H,21,22). The Morgan fingerprint density at radius 3 is 2.91 bits per heavy atom. The summed E-state index contributed by atoms with van der Waals surface area (Å²) in [5, 5.41) is 9.51. The Morgan fingerprint density at radius 2 is 2.22 bits per heavy atom. The van der Waals surface area contributed by atoms with Crippen molar-refractivity contribution in [2.45, 2.75) is 0 Å². The molecule has 0 saturated carbocycles. The first-order valence-corrected chi connectivity index (χ1v) is 7.43. The van der Waals surface area contributed by atoms with Crippen molar-refractivity contribution in [1.29, 1.82) is 0 Å². The third kappa shape index (κ3) is 3.53. The molecule has 0 atom stereocenters. The molecule has 7 heteroatoms. The zero-order valence-corrected chi connectivity index (χ0v) is 12.8. The van der Waals surface area contributed by atoms with Gasteiger partial charge in [-0.3, -0.25) is 0 Å². The Bertz CT molecular complexity index is 735. The second-order valence-electron chi connectivity index (χ2n) is 5.37. The minimum absolute atomic E-state index is 0.0852. The first-order chi connectivity index (χ1) is 11.0. The summed E-state index contributed by atoms with van der Waals surface area (Å²) in [4.78, 5) is 17.2. The summed E-state index contributed by atoms with van der Waals surface area (Å²) in [6.07, 6.45) is 1.43. The molecular formula is C16H14ClFN2O3. The lowest BCUT2D eigenvalue weighted by Crippen LogP contribution is -2.50. The van der Waals surface area contributed by atoms with Gasteiger partial charge in [0.05, 0.1) is 11.6 Å². The Kier molecular flexibility index (Phi) is 4.34. The zero-order valence-electron chi connectivity index (χ0n) is 12.1. The van der Waals surface area contributed by atoms with E-state index in [-0.39, 0.29) is 22.3 Å². The number of halogens is 2. The molecule has 1 aromatic heterocycles. The number of hydrogen-bond donors (Lipinski definition) is 1. The van der Waals surface area contributed by atoms with Crippen LogP contribution in [0.5, 0.6) is 5.75 Å². The van der Waals surface area contributed by atoms with E-state index in [1.807, 2.05) is 4.90 Å². The molecule has 0 spiro atoms. The second-order valence-corrected chi connectivity index (χ2v) is 5.81. The molecule has 2 aromatic rings. The summed E-state index contributed by atoms with van der Waals surface area (Å²) in [6.45, 7) is 1.70. The SMILES string of the molecule is O=C(O)c1cc(Cl)cnc1N1CC(COc2cccc(F)c2)C1. The van der Waals surface area contributed by atoms with E-state index in [2.05, 4.69) is 4.98 Å². The number of hydrogen-bond acceptors (Lipinski definition) is 4. The highest BCUT2D eigenvalue weighted by molar-refractivity contribution is 6.30. The Balaban J connectivity index is 1.58. The number of rotatable bonds is 5. The van der Waals surface area contributed by atoms with Crippen LogP contribution in [0.4, 0.5) is 10.2 Å². The van der Waals surface area contributed by atoms with Crippen LogP contribution in [0.1, 0.15) is 10.4 Å². The minimum atomic E-state index is -1.06. The van der Waals surface area contributed by atoms with Crippen molar-refractivity contribution in [3.63, 3.8) is 0 Å². The molecule has 1 aromatic carbocycles. The highest BCUT2D eigenvalue weighted by Gasteiger charge is 2.31. The predicted molar refractivity (Wildman–Crippen MR) is 83.8 cm³/mol. The number of carboxylic acid groups (broad SMARTS) is 1. The van der Waals surface area contributed by atoms with Crippen LogP contribution in [-0.4, -0.2) is 35.8 Å². The lowest BCUT2D eigenvalue weighted by molar-refractivity contribution is 0.0696. The Morgan fingerprint density at radius 1 is 1.43 bits per heavy atom. The van der Waals surface area contributed by atoms with Gasteiger partial charge < -0.3 is 14.7 Å². The molecule has 0 radical (unpaired) electrons. The molecule has 1 aliphatic heterocycles. The monoisotopic (exact) mass is 336 g/mol. The van der Waals surface area contributed by atoms with Crippen LogP contribution in [0.3, 0.4) is 0 Å². The van der Waals surface area contributed by atoms with Crippen molar-refractivity contribution in [2.75, 3.05) is 24.6 Å². The molecule has 23 heavy (non-hydrogen) atoms. The van der Waals surface area contributed by atoms with E-state index in [0.717, 1.165) is 0 Å². The summed E-state index contributed by atoms with van der Waals surface area (Å²) in [5.74, 6) is -0.274. The largest absolute Gasteiger partial charge is 0.493 e. The molecule has 0 unspecified atom stereocenters. The quantitative estimate of drug-likeness (QED) is 0.909. The van der Waals surface area contributed by atoms with Crippen molar-refractivity contribution < 1.29 is 19.0 Å². The summed E-state index contributed by atoms with van der Waals surface area (Å²) in [6, 6.07) is 7.37. The van der Waals surface area contributed by atoms with Gasteiger partial charge in [0.25, 0.3) is 0 Å². The van der Waals surface area contributed by atoms with Crippen LogP contribution in [0.2, 0.25) is 5.02 Å². The van der Waals surface area contributed by atoms with Gasteiger partial charge in [-0.15, -0.1) is 0 Å². The normalized spacial score (nSPS) is 14.4. The zero-order chi connectivity index (χ0) is 16.4. The van der Waals surface area contributed by atoms with Crippen molar-refractivity contribution in [3.8, 4) is 5.75 Å². The van der Waals surface area contributed by atoms with Gasteiger partial charge in [0.1, 0.15) is 22.9 Å². The van der Waals surface area contributed by atoms with E-state index in [1.54, 1.807) is 12.1 Å². The third-order valence-corrected chi connectivity index (χ3v) is 3.81. The van der Waals surface area contributed by atoms with E-state index >= 15 is 0 Å². The fraction of sp³-hybridized carbons (Fsp3) is 0.250. The van der Waals surface area contributed by atoms with Crippen molar-refractivity contribution >= 4 is 23.4 Å². The van der Waals surface area contributed by atoms with Gasteiger partial charge in [-0.1, -0.05) is 17.7 Å². The molecule has 3 rings (SSSR count). The lowest BCUT2D eigenvalue weighted by atomic mass is 10.0. The molecule has 1 N–H and O–H groups in total. The van der Waals surface area contributed by atoms with E-state index in [1.165, 1.54) is 24.4 Å². The van der Waals surface area contributed by atoms with Gasteiger partial charge in [-0.25, -0.2) is 14.2 Å². The predicted octanol–water partition coefficient (Wildman–Crippen LogP) is 3.09. The van der Waals surface area contributed by atoms with Gasteiger partial charge in [-0.2, -0.15) is 0 Å². The van der Waals surface area contributed by atoms with Gasteiger partial charge in [-0.05, 0) is 18.2 Å². The van der Waals surface area contributed by atoms with Crippen molar-refractivity contribution in [3.05, 3.63) is 52.9 Å². The number of benzene rings is 1. The fourth-order valence-electron chi connectivity index (χ4n) is 2.46. The van der Waals surface area contributed by atoms with E-state index in [4.69, 9.17) is 16.3 Å². The summed E-state index contributed by atoms with van der Waals surface area (Å²) < 4.78 is 18.6. The highest BCUT2D eigenvalue weighted by Crippen LogP contribution is 2.28. The Labute approximate surface area is 137 Å². The topological polar surface area (TPSA) is 62.7 Å². The van der Waals surface area contributed by atoms with E-state index in [9.17, 15) is 14.3 Å². The summed E-state index contributed by atoms with van der Waals surface area (Å²) in [5.41, 5.74) is 0.0852. The second kappa shape index (κ2) is 6.42. The third-order valence-electron chi connectivity index (χ3n) is 3.60. The molecule has 0 bridgehead atoms. The summed E-state index contributed by atoms with van der Waals surface area (Å²) >= 11 is 5.79. The fourth-order valence-corrected chi connectivity index (χ4v) is 2.62. The number of ether oxygens (including phenoxy) is 1. The first kappa shape index (κ1) is 15.6. The van der Waals surface area contributed by atoms with E-state index in [0.29, 0.717) is 31.3 Å². The van der Waals surface area contributed by atoms with Crippen molar-refractivity contribution in [2.24, 2.45) is 5.92 Å². The smallest absolute Gasteiger partial charge is 0.339 e. The Hall–Kier alpha value is -2.34. The molecule has 1 saturated heterocycles. The number of nitrogens with zero attached hydrogens (tertiary/aromatic N) is 2. The van der Waals surface area contributed by atoms with Gasteiger partial charge >= 0.3 is 5.97 Å². The molecule has 1 aliphatic rings. The molecular weight excluding hydrogens is 323 g/mol. The molecule has 1 fully saturated rings. The summed E-state index contributed by atoms with van der Waals surface area (Å²) in [7, 11) is 0. The van der Waals surface area contributed by atoms with Crippen LogP contribution in [0.25, 0.3) is 0 Å². The maximum Gasteiger partial charge on any atom is 0.339 e. The molecule has 0 aliphatic carbocycles. The van der Waals surface area contributed by atoms with Crippen LogP contribution in [0.15, 0.2) is 36.5 Å². The first-order valence-electron chi connectivity index (χ1n) is 7.05. The number of carbonyl (C=O) groups is 1. The molecule has 5 nitrogen and oxygen atoms in total. The van der Waals surface area contributed by atoms with E-state index < -0.39 is 5.97 Å². The average Bonchev–Trinajstić information content (AvgIpc) is 2.46. The number of aromatic nitrogens is 1. The highest BCUT2D eigenvalue weighted by atomic mass is 35.5. The van der Waals surface area contributed by atoms with Crippen LogP contribution in [0, 0.1) is 11.7 Å². The molecule has 2 heterocycles. The van der Waals surface area contributed by atoms with Gasteiger partial charge in [0, 0.05) is 31.3 Å². The van der Waals surface area contributed by atoms with Crippen LogP contribution < -0.4 is 9.64 Å². The number of aromatic carboxylic acids is 1. The number of pyridine rings is 1. The maximum absolute atomic E-state index is 13.1. The van der Waals surface area contributed by atoms with Gasteiger partial charge in [0.15, 0.2) is 0 Å². The molecule has 120 valence electrons. The average molecular weight is 337 g/mol. The maximum atomic E-state index is 13.1. The van der Waals surface area contributed by atoms with Gasteiger partial charge in [0.2, 0.25) is 0 Å². The van der Waals surface area contributed by atoms with Crippen LogP contribution in [-0.2, 0) is 0 Å². The molecule has 0 amide bonds. The van der Waals surface area contributed by atoms with Crippen LogP contribution >= 0.6 is 11.6 Å². The minimum Gasteiger partial charge on any atom is -0.493 e.